The van der Waals surface area contributed by atoms with Gasteiger partial charge in [-0.1, -0.05) is 0 Å². The van der Waals surface area contributed by atoms with Gasteiger partial charge in [0.05, 0.1) is 12.0 Å². The minimum Gasteiger partial charge on any atom is -0.467 e. The number of hydrogen-bond donors (Lipinski definition) is 3. The summed E-state index contributed by atoms with van der Waals surface area (Å²) in [5.74, 6) is 4.48. The minimum atomic E-state index is -0.802. The van der Waals surface area contributed by atoms with Crippen LogP contribution in [0.25, 0.3) is 0 Å². The highest BCUT2D eigenvalue weighted by atomic mass is 16.6. The predicted molar refractivity (Wildman–Crippen MR) is 66.3 cm³/mol. The average molecular weight is 270 g/mol. The molecule has 19 heavy (non-hydrogen) atoms. The Hall–Kier alpha value is -2.49. The molecule has 10 heteroatoms. The SMILES string of the molecule is COC(=O)C(C)Nc1nc(NN)nc(C)c1[N+](=O)[O-]. The second kappa shape index (κ2) is 5.91. The van der Waals surface area contributed by atoms with E-state index in [2.05, 4.69) is 25.4 Å². The standard InChI is InChI=1S/C9H14N6O4/c1-4-6(15(17)18)7(13-9(12-4)14-10)11-5(2)8(16)19-3/h5H,10H2,1-3H3,(H2,11,12,13,14). The molecule has 0 amide bonds. The molecule has 0 fully saturated rings. The van der Waals surface area contributed by atoms with Gasteiger partial charge in [0.2, 0.25) is 11.8 Å². The molecule has 0 radical (unpaired) electrons. The molecule has 0 saturated carbocycles. The molecule has 1 unspecified atom stereocenters. The average Bonchev–Trinajstić information content (AvgIpc) is 2.36. The number of rotatable bonds is 5. The monoisotopic (exact) mass is 270 g/mol. The molecule has 0 aliphatic rings. The number of methoxy groups -OCH3 is 1. The number of nitrogens with zero attached hydrogens (tertiary/aromatic N) is 3. The molecule has 1 atom stereocenters. The number of nitrogens with two attached hydrogens (primary N) is 1. The van der Waals surface area contributed by atoms with Gasteiger partial charge in [0, 0.05) is 0 Å². The van der Waals surface area contributed by atoms with Gasteiger partial charge in [0.25, 0.3) is 0 Å². The van der Waals surface area contributed by atoms with Crippen LogP contribution in [0.1, 0.15) is 12.6 Å². The van der Waals surface area contributed by atoms with Crippen LogP contribution in [0.3, 0.4) is 0 Å². The van der Waals surface area contributed by atoms with Crippen LogP contribution in [0.4, 0.5) is 17.5 Å². The third-order valence-corrected chi connectivity index (χ3v) is 2.28. The van der Waals surface area contributed by atoms with Crippen LogP contribution >= 0.6 is 0 Å². The van der Waals surface area contributed by atoms with Crippen molar-refractivity contribution in [2.45, 2.75) is 19.9 Å². The van der Waals surface area contributed by atoms with E-state index in [-0.39, 0.29) is 23.1 Å². The summed E-state index contributed by atoms with van der Waals surface area (Å²) in [6.45, 7) is 2.93. The summed E-state index contributed by atoms with van der Waals surface area (Å²) >= 11 is 0. The molecule has 1 heterocycles. The van der Waals surface area contributed by atoms with E-state index in [0.29, 0.717) is 0 Å². The van der Waals surface area contributed by atoms with Gasteiger partial charge in [-0.15, -0.1) is 0 Å². The highest BCUT2D eigenvalue weighted by molar-refractivity contribution is 5.79. The Morgan fingerprint density at radius 3 is 2.63 bits per heavy atom. The predicted octanol–water partition coefficient (Wildman–Crippen LogP) is -0.0478. The number of nitro groups is 1. The maximum atomic E-state index is 11.3. The van der Waals surface area contributed by atoms with Crippen molar-refractivity contribution in [3.8, 4) is 0 Å². The van der Waals surface area contributed by atoms with Crippen LogP contribution < -0.4 is 16.6 Å². The number of nitrogen functional groups attached to an aromatic ring is 1. The van der Waals surface area contributed by atoms with Gasteiger partial charge in [0.1, 0.15) is 11.7 Å². The molecule has 0 aromatic carbocycles. The molecule has 1 aromatic rings. The van der Waals surface area contributed by atoms with Crippen molar-refractivity contribution < 1.29 is 14.5 Å². The van der Waals surface area contributed by atoms with E-state index in [1.54, 1.807) is 0 Å². The van der Waals surface area contributed by atoms with Gasteiger partial charge in [0.15, 0.2) is 0 Å². The number of esters is 1. The number of carbonyl (C=O) groups excluding carboxylic acids is 1. The Labute approximate surface area is 108 Å². The number of carbonyl (C=O) groups is 1. The van der Waals surface area contributed by atoms with Gasteiger partial charge in [-0.3, -0.25) is 15.5 Å². The second-order valence-electron chi connectivity index (χ2n) is 3.62. The number of aromatic nitrogens is 2. The van der Waals surface area contributed by atoms with Crippen molar-refractivity contribution in [3.05, 3.63) is 15.8 Å². The third kappa shape index (κ3) is 3.25. The van der Waals surface area contributed by atoms with Crippen molar-refractivity contribution in [2.24, 2.45) is 5.84 Å². The molecule has 4 N–H and O–H groups in total. The number of aryl methyl sites for hydroxylation is 1. The van der Waals surface area contributed by atoms with E-state index >= 15 is 0 Å². The summed E-state index contributed by atoms with van der Waals surface area (Å²) in [5.41, 5.74) is 1.98. The van der Waals surface area contributed by atoms with Crippen molar-refractivity contribution in [1.29, 1.82) is 0 Å². The Bertz CT molecular complexity index is 506. The summed E-state index contributed by atoms with van der Waals surface area (Å²) in [7, 11) is 1.22. The maximum absolute atomic E-state index is 11.3. The lowest BCUT2D eigenvalue weighted by Crippen LogP contribution is -2.28. The zero-order chi connectivity index (χ0) is 14.6. The summed E-state index contributed by atoms with van der Waals surface area (Å²) < 4.78 is 4.52. The maximum Gasteiger partial charge on any atom is 0.332 e. The van der Waals surface area contributed by atoms with Crippen LogP contribution in [0.15, 0.2) is 0 Å². The fraction of sp³-hybridized carbons (Fsp3) is 0.444. The highest BCUT2D eigenvalue weighted by Crippen LogP contribution is 2.26. The number of hydrogen-bond acceptors (Lipinski definition) is 9. The molecule has 104 valence electrons. The van der Waals surface area contributed by atoms with E-state index in [1.165, 1.54) is 21.0 Å². The first-order chi connectivity index (χ1) is 8.90. The number of anilines is 2. The van der Waals surface area contributed by atoms with Crippen LogP contribution in [-0.2, 0) is 9.53 Å². The molecule has 10 nitrogen and oxygen atoms in total. The lowest BCUT2D eigenvalue weighted by molar-refractivity contribution is -0.385. The first-order valence-corrected chi connectivity index (χ1v) is 5.24. The largest absolute Gasteiger partial charge is 0.467 e. The van der Waals surface area contributed by atoms with Crippen molar-refractivity contribution >= 4 is 23.4 Å². The Kier molecular flexibility index (Phi) is 4.53. The minimum absolute atomic E-state index is 0.00247. The normalized spacial score (nSPS) is 11.6. The molecular weight excluding hydrogens is 256 g/mol. The van der Waals surface area contributed by atoms with Gasteiger partial charge in [-0.2, -0.15) is 4.98 Å². The van der Waals surface area contributed by atoms with Crippen LogP contribution in [0.2, 0.25) is 0 Å². The van der Waals surface area contributed by atoms with Crippen molar-refractivity contribution in [1.82, 2.24) is 9.97 Å². The van der Waals surface area contributed by atoms with Crippen molar-refractivity contribution in [3.63, 3.8) is 0 Å². The Morgan fingerprint density at radius 2 is 2.16 bits per heavy atom. The topological polar surface area (TPSA) is 145 Å². The quantitative estimate of drug-likeness (QED) is 0.290. The van der Waals surface area contributed by atoms with E-state index in [9.17, 15) is 14.9 Å². The zero-order valence-corrected chi connectivity index (χ0v) is 10.6. The van der Waals surface area contributed by atoms with Crippen LogP contribution in [0, 0.1) is 17.0 Å². The molecule has 0 spiro atoms. The first-order valence-electron chi connectivity index (χ1n) is 5.24. The van der Waals surface area contributed by atoms with E-state index < -0.39 is 16.9 Å². The van der Waals surface area contributed by atoms with Gasteiger partial charge >= 0.3 is 11.7 Å². The lowest BCUT2D eigenvalue weighted by Gasteiger charge is -2.13. The van der Waals surface area contributed by atoms with E-state index in [0.717, 1.165) is 0 Å². The fourth-order valence-corrected chi connectivity index (χ4v) is 1.39. The molecule has 0 bridgehead atoms. The molecule has 0 saturated heterocycles. The van der Waals surface area contributed by atoms with Crippen LogP contribution in [0.5, 0.6) is 0 Å². The highest BCUT2D eigenvalue weighted by Gasteiger charge is 2.25. The van der Waals surface area contributed by atoms with Crippen LogP contribution in [-0.4, -0.2) is 34.0 Å². The summed E-state index contributed by atoms with van der Waals surface area (Å²) in [6, 6.07) is -0.802. The van der Waals surface area contributed by atoms with E-state index in [1.807, 2.05) is 0 Å². The van der Waals surface area contributed by atoms with Gasteiger partial charge in [-0.05, 0) is 13.8 Å². The lowest BCUT2D eigenvalue weighted by atomic mass is 10.3. The molecule has 0 aliphatic carbocycles. The van der Waals surface area contributed by atoms with Gasteiger partial charge in [-0.25, -0.2) is 15.6 Å². The third-order valence-electron chi connectivity index (χ3n) is 2.28. The number of hydrazine groups is 1. The Balaban J connectivity index is 3.19. The fourth-order valence-electron chi connectivity index (χ4n) is 1.39. The summed E-state index contributed by atoms with van der Waals surface area (Å²) in [5, 5.41) is 13.6. The Morgan fingerprint density at radius 1 is 1.53 bits per heavy atom. The van der Waals surface area contributed by atoms with Crippen molar-refractivity contribution in [2.75, 3.05) is 17.9 Å². The number of ether oxygens (including phenoxy) is 1. The van der Waals surface area contributed by atoms with Gasteiger partial charge < -0.3 is 10.1 Å². The molecule has 1 rings (SSSR count). The molecule has 1 aromatic heterocycles. The summed E-state index contributed by atoms with van der Waals surface area (Å²) in [6.07, 6.45) is 0. The first kappa shape index (κ1) is 14.6. The van der Waals surface area contributed by atoms with E-state index in [4.69, 9.17) is 5.84 Å². The molecule has 0 aliphatic heterocycles. The second-order valence-corrected chi connectivity index (χ2v) is 3.62. The zero-order valence-electron chi connectivity index (χ0n) is 10.6. The smallest absolute Gasteiger partial charge is 0.332 e. The number of nitrogens with one attached hydrogen (secondary N) is 2. The summed E-state index contributed by atoms with van der Waals surface area (Å²) in [4.78, 5) is 29.3. The molecular formula is C9H14N6O4.